The van der Waals surface area contributed by atoms with Crippen molar-refractivity contribution in [1.29, 1.82) is 0 Å². The molecule has 0 aromatic heterocycles. The van der Waals surface area contributed by atoms with Crippen LogP contribution in [0.15, 0.2) is 0 Å². The highest BCUT2D eigenvalue weighted by atomic mass is 16.3. The molecule has 0 spiro atoms. The fraction of sp³-hybridized carbons (Fsp3) is 1.00. The molecular formula is C12H25NO. The lowest BCUT2D eigenvalue weighted by Crippen LogP contribution is -2.46. The molecule has 2 heteroatoms. The molecule has 3 atom stereocenters. The van der Waals surface area contributed by atoms with Gasteiger partial charge in [0.25, 0.3) is 0 Å². The fourth-order valence-electron chi connectivity index (χ4n) is 2.45. The Balaban J connectivity index is 2.27. The zero-order valence-electron chi connectivity index (χ0n) is 9.79. The molecule has 0 aromatic rings. The molecule has 0 amide bonds. The molecule has 2 nitrogen and oxygen atoms in total. The molecule has 0 aromatic carbocycles. The molecule has 0 saturated heterocycles. The molecular weight excluding hydrogens is 174 g/mol. The zero-order valence-corrected chi connectivity index (χ0v) is 9.79. The van der Waals surface area contributed by atoms with Crippen LogP contribution in [0.2, 0.25) is 0 Å². The second kappa shape index (κ2) is 5.72. The van der Waals surface area contributed by atoms with Crippen LogP contribution < -0.4 is 5.32 Å². The predicted octanol–water partition coefficient (Wildman–Crippen LogP) is 2.31. The van der Waals surface area contributed by atoms with Crippen molar-refractivity contribution in [2.24, 2.45) is 5.92 Å². The second-order valence-electron chi connectivity index (χ2n) is 5.16. The first-order valence-electron chi connectivity index (χ1n) is 6.03. The molecule has 0 aliphatic heterocycles. The highest BCUT2D eigenvalue weighted by molar-refractivity contribution is 4.82. The van der Waals surface area contributed by atoms with Gasteiger partial charge in [0.1, 0.15) is 0 Å². The van der Waals surface area contributed by atoms with Gasteiger partial charge in [0.15, 0.2) is 0 Å². The van der Waals surface area contributed by atoms with Gasteiger partial charge in [0.2, 0.25) is 0 Å². The van der Waals surface area contributed by atoms with E-state index in [0.29, 0.717) is 12.1 Å². The van der Waals surface area contributed by atoms with E-state index in [0.717, 1.165) is 18.8 Å². The van der Waals surface area contributed by atoms with E-state index < -0.39 is 0 Å². The number of nitrogens with one attached hydrogen (secondary N) is 1. The second-order valence-corrected chi connectivity index (χ2v) is 5.16. The van der Waals surface area contributed by atoms with E-state index in [-0.39, 0.29) is 6.10 Å². The Morgan fingerprint density at radius 2 is 1.86 bits per heavy atom. The van der Waals surface area contributed by atoms with Gasteiger partial charge in [-0.05, 0) is 32.1 Å². The normalized spacial score (nSPS) is 30.6. The first-order chi connectivity index (χ1) is 6.59. The third kappa shape index (κ3) is 3.97. The van der Waals surface area contributed by atoms with Crippen LogP contribution in [0.4, 0.5) is 0 Å². The van der Waals surface area contributed by atoms with Crippen LogP contribution in [0.1, 0.15) is 52.9 Å². The van der Waals surface area contributed by atoms with Gasteiger partial charge in [-0.1, -0.05) is 26.7 Å². The van der Waals surface area contributed by atoms with Crippen molar-refractivity contribution in [3.8, 4) is 0 Å². The Morgan fingerprint density at radius 3 is 2.43 bits per heavy atom. The summed E-state index contributed by atoms with van der Waals surface area (Å²) in [5.41, 5.74) is 0. The van der Waals surface area contributed by atoms with Crippen LogP contribution in [0.25, 0.3) is 0 Å². The lowest BCUT2D eigenvalue weighted by Gasteiger charge is -2.31. The van der Waals surface area contributed by atoms with E-state index in [1.54, 1.807) is 0 Å². The third-order valence-electron chi connectivity index (χ3n) is 3.05. The first kappa shape index (κ1) is 12.0. The van der Waals surface area contributed by atoms with Crippen LogP contribution in [0.3, 0.4) is 0 Å². The third-order valence-corrected chi connectivity index (χ3v) is 3.05. The van der Waals surface area contributed by atoms with Gasteiger partial charge in [-0.25, -0.2) is 0 Å². The van der Waals surface area contributed by atoms with Crippen LogP contribution in [-0.4, -0.2) is 23.3 Å². The topological polar surface area (TPSA) is 32.3 Å². The largest absolute Gasteiger partial charge is 0.392 e. The van der Waals surface area contributed by atoms with Crippen molar-refractivity contribution in [3.63, 3.8) is 0 Å². The molecule has 0 heterocycles. The minimum absolute atomic E-state index is 0.113. The quantitative estimate of drug-likeness (QED) is 0.728. The maximum Gasteiger partial charge on any atom is 0.0693 e. The number of hydrogen-bond donors (Lipinski definition) is 2. The molecule has 1 fully saturated rings. The highest BCUT2D eigenvalue weighted by Gasteiger charge is 2.23. The summed E-state index contributed by atoms with van der Waals surface area (Å²) in [6.45, 7) is 6.71. The molecule has 1 aliphatic carbocycles. The summed E-state index contributed by atoms with van der Waals surface area (Å²) >= 11 is 0. The minimum Gasteiger partial charge on any atom is -0.392 e. The first-order valence-corrected chi connectivity index (χ1v) is 6.03. The van der Waals surface area contributed by atoms with Gasteiger partial charge >= 0.3 is 0 Å². The van der Waals surface area contributed by atoms with E-state index in [2.05, 4.69) is 26.1 Å². The lowest BCUT2D eigenvalue weighted by atomic mass is 9.91. The van der Waals surface area contributed by atoms with E-state index in [4.69, 9.17) is 0 Å². The summed E-state index contributed by atoms with van der Waals surface area (Å²) < 4.78 is 0. The number of rotatable bonds is 4. The average Bonchev–Trinajstić information content (AvgIpc) is 2.07. The summed E-state index contributed by atoms with van der Waals surface area (Å²) in [7, 11) is 0. The highest BCUT2D eigenvalue weighted by Crippen LogP contribution is 2.19. The van der Waals surface area contributed by atoms with E-state index in [1.165, 1.54) is 19.3 Å². The smallest absolute Gasteiger partial charge is 0.0693 e. The van der Waals surface area contributed by atoms with Crippen LogP contribution in [0, 0.1) is 5.92 Å². The molecule has 0 radical (unpaired) electrons. The summed E-state index contributed by atoms with van der Waals surface area (Å²) in [4.78, 5) is 0. The number of aliphatic hydroxyl groups is 1. The summed E-state index contributed by atoms with van der Waals surface area (Å²) in [6, 6.07) is 0.880. The predicted molar refractivity (Wildman–Crippen MR) is 60.3 cm³/mol. The molecule has 84 valence electrons. The lowest BCUT2D eigenvalue weighted by molar-refractivity contribution is 0.0844. The Morgan fingerprint density at radius 1 is 1.21 bits per heavy atom. The molecule has 14 heavy (non-hydrogen) atoms. The van der Waals surface area contributed by atoms with Crippen LogP contribution in [0.5, 0.6) is 0 Å². The molecule has 1 saturated carbocycles. The Kier molecular flexibility index (Phi) is 4.90. The summed E-state index contributed by atoms with van der Waals surface area (Å²) in [6.07, 6.45) is 5.67. The Bertz CT molecular complexity index is 158. The van der Waals surface area contributed by atoms with Crippen LogP contribution >= 0.6 is 0 Å². The summed E-state index contributed by atoms with van der Waals surface area (Å²) in [5, 5.41) is 13.3. The fourth-order valence-corrected chi connectivity index (χ4v) is 2.45. The number of aliphatic hydroxyl groups excluding tert-OH is 1. The van der Waals surface area contributed by atoms with E-state index in [9.17, 15) is 5.11 Å². The van der Waals surface area contributed by atoms with Crippen molar-refractivity contribution in [1.82, 2.24) is 5.32 Å². The van der Waals surface area contributed by atoms with Gasteiger partial charge in [0, 0.05) is 12.1 Å². The summed E-state index contributed by atoms with van der Waals surface area (Å²) in [5.74, 6) is 0.734. The monoisotopic (exact) mass is 199 g/mol. The maximum absolute atomic E-state index is 9.79. The van der Waals surface area contributed by atoms with Crippen molar-refractivity contribution < 1.29 is 5.11 Å². The van der Waals surface area contributed by atoms with Crippen molar-refractivity contribution in [2.45, 2.75) is 71.1 Å². The SMILES string of the molecule is CC(C)C[C@@H](C)N[C@H]1CCCC[C@@H]1O. The van der Waals surface area contributed by atoms with E-state index >= 15 is 0 Å². The molecule has 0 bridgehead atoms. The molecule has 0 unspecified atom stereocenters. The average molecular weight is 199 g/mol. The van der Waals surface area contributed by atoms with Crippen LogP contribution in [-0.2, 0) is 0 Å². The molecule has 1 rings (SSSR count). The number of hydrogen-bond acceptors (Lipinski definition) is 2. The standard InChI is InChI=1S/C12H25NO/c1-9(2)8-10(3)13-11-6-4-5-7-12(11)14/h9-14H,4-8H2,1-3H3/t10-,11+,12+/m1/s1. The van der Waals surface area contributed by atoms with Crippen molar-refractivity contribution >= 4 is 0 Å². The van der Waals surface area contributed by atoms with Gasteiger partial charge in [0.05, 0.1) is 6.10 Å². The van der Waals surface area contributed by atoms with Gasteiger partial charge in [-0.15, -0.1) is 0 Å². The van der Waals surface area contributed by atoms with Crippen molar-refractivity contribution in [3.05, 3.63) is 0 Å². The maximum atomic E-state index is 9.79. The van der Waals surface area contributed by atoms with E-state index in [1.807, 2.05) is 0 Å². The minimum atomic E-state index is -0.113. The van der Waals surface area contributed by atoms with Gasteiger partial charge < -0.3 is 10.4 Å². The van der Waals surface area contributed by atoms with Gasteiger partial charge in [-0.3, -0.25) is 0 Å². The molecule has 2 N–H and O–H groups in total. The zero-order chi connectivity index (χ0) is 10.6. The van der Waals surface area contributed by atoms with Gasteiger partial charge in [-0.2, -0.15) is 0 Å². The Hall–Kier alpha value is -0.0800. The van der Waals surface area contributed by atoms with Crippen molar-refractivity contribution in [2.75, 3.05) is 0 Å². The molecule has 1 aliphatic rings. The Labute approximate surface area is 88.1 Å².